The average Bonchev–Trinajstić information content (AvgIpc) is 3.06. The Labute approximate surface area is 148 Å². The van der Waals surface area contributed by atoms with Gasteiger partial charge in [0.05, 0.1) is 12.6 Å². The highest BCUT2D eigenvalue weighted by Gasteiger charge is 2.52. The average molecular weight is 380 g/mol. The molecule has 12 heteroatoms. The Bertz CT molecular complexity index is 534. The van der Waals surface area contributed by atoms with Crippen LogP contribution in [0.25, 0.3) is 0 Å². The summed E-state index contributed by atoms with van der Waals surface area (Å²) in [5.74, 6) is 0. The Balaban J connectivity index is 1.72. The van der Waals surface area contributed by atoms with Gasteiger partial charge in [-0.2, -0.15) is 0 Å². The van der Waals surface area contributed by atoms with Crippen molar-refractivity contribution >= 4 is 6.02 Å². The van der Waals surface area contributed by atoms with Crippen molar-refractivity contribution in [2.45, 2.75) is 61.3 Å². The summed E-state index contributed by atoms with van der Waals surface area (Å²) in [5.41, 5.74) is 0. The van der Waals surface area contributed by atoms with Crippen molar-refractivity contribution in [3.8, 4) is 0 Å². The number of hydrogen-bond donors (Lipinski definition) is 7. The summed E-state index contributed by atoms with van der Waals surface area (Å²) in [6.45, 7) is -0.290. The van der Waals surface area contributed by atoms with Crippen LogP contribution < -0.4 is 0 Å². The molecule has 12 nitrogen and oxygen atoms in total. The molecule has 0 bridgehead atoms. The predicted molar refractivity (Wildman–Crippen MR) is 81.6 cm³/mol. The topological polar surface area (TPSA) is 185 Å². The molecule has 7 N–H and O–H groups in total. The molecule has 0 radical (unpaired) electrons. The van der Waals surface area contributed by atoms with Crippen molar-refractivity contribution in [3.05, 3.63) is 0 Å². The molecule has 150 valence electrons. The standard InChI is InChI=1S/C14H24N2O10/c1-24-13-11(22)9(20)7(18)5(26-13)2-15-14-16-4(3-25-14)6(17)8(19)10(21)12(16)23/h4-13,17-23H,2-3H2,1H3/t4-,5-,6-,7-,8+,9+,10-,11-,12-,13+/m1/s1. The zero-order valence-corrected chi connectivity index (χ0v) is 13.9. The number of amidine groups is 1. The number of aliphatic imine (C=N–C) groups is 1. The summed E-state index contributed by atoms with van der Waals surface area (Å²) in [6.07, 6.45) is -12.6. The lowest BCUT2D eigenvalue weighted by Gasteiger charge is -2.42. The molecule has 3 aliphatic rings. The monoisotopic (exact) mass is 380 g/mol. The van der Waals surface area contributed by atoms with E-state index >= 15 is 0 Å². The largest absolute Gasteiger partial charge is 0.463 e. The van der Waals surface area contributed by atoms with Gasteiger partial charge < -0.3 is 50.0 Å². The van der Waals surface area contributed by atoms with Gasteiger partial charge in [-0.05, 0) is 0 Å². The van der Waals surface area contributed by atoms with E-state index in [1.54, 1.807) is 0 Å². The first-order chi connectivity index (χ1) is 12.3. The van der Waals surface area contributed by atoms with Gasteiger partial charge in [0, 0.05) is 7.11 Å². The third kappa shape index (κ3) is 3.17. The van der Waals surface area contributed by atoms with E-state index in [0.717, 1.165) is 4.90 Å². The van der Waals surface area contributed by atoms with E-state index in [-0.39, 0.29) is 19.2 Å². The van der Waals surface area contributed by atoms with Gasteiger partial charge in [-0.25, -0.2) is 4.99 Å². The molecule has 0 unspecified atom stereocenters. The van der Waals surface area contributed by atoms with Crippen molar-refractivity contribution in [1.29, 1.82) is 0 Å². The first kappa shape index (κ1) is 19.7. The van der Waals surface area contributed by atoms with Gasteiger partial charge in [0.2, 0.25) is 0 Å². The Hall–Kier alpha value is -1.09. The van der Waals surface area contributed by atoms with Crippen molar-refractivity contribution in [3.63, 3.8) is 0 Å². The number of nitrogens with zero attached hydrogens (tertiary/aromatic N) is 2. The van der Waals surface area contributed by atoms with Crippen LogP contribution in [0.4, 0.5) is 0 Å². The molecule has 3 rings (SSSR count). The Morgan fingerprint density at radius 1 is 0.962 bits per heavy atom. The van der Waals surface area contributed by atoms with Gasteiger partial charge in [-0.15, -0.1) is 0 Å². The van der Waals surface area contributed by atoms with Gasteiger partial charge in [0.15, 0.2) is 12.5 Å². The highest BCUT2D eigenvalue weighted by molar-refractivity contribution is 5.76. The molecule has 0 aliphatic carbocycles. The minimum atomic E-state index is -1.63. The minimum absolute atomic E-state index is 0.0725. The number of aliphatic hydroxyl groups excluding tert-OH is 7. The fraction of sp³-hybridized carbons (Fsp3) is 0.929. The first-order valence-corrected chi connectivity index (χ1v) is 8.18. The van der Waals surface area contributed by atoms with Gasteiger partial charge in [0.1, 0.15) is 49.3 Å². The maximum atomic E-state index is 10.1. The second kappa shape index (κ2) is 7.50. The second-order valence-electron chi connectivity index (χ2n) is 6.54. The molecule has 0 aromatic heterocycles. The van der Waals surface area contributed by atoms with Crippen molar-refractivity contribution in [2.75, 3.05) is 20.3 Å². The summed E-state index contributed by atoms with van der Waals surface area (Å²) in [6, 6.07) is -0.920. The normalized spacial score (nSPS) is 50.6. The van der Waals surface area contributed by atoms with Crippen LogP contribution in [0.2, 0.25) is 0 Å². The van der Waals surface area contributed by atoms with Crippen LogP contribution >= 0.6 is 0 Å². The van der Waals surface area contributed by atoms with E-state index in [1.807, 2.05) is 0 Å². The number of piperidine rings is 1. The van der Waals surface area contributed by atoms with Crippen LogP contribution in [0.5, 0.6) is 0 Å². The highest BCUT2D eigenvalue weighted by atomic mass is 16.7. The Morgan fingerprint density at radius 2 is 1.62 bits per heavy atom. The van der Waals surface area contributed by atoms with E-state index in [1.165, 1.54) is 7.11 Å². The fourth-order valence-corrected chi connectivity index (χ4v) is 3.36. The van der Waals surface area contributed by atoms with Crippen molar-refractivity contribution < 1.29 is 50.0 Å². The SMILES string of the molecule is CO[C@H]1O[C@H](CN=C2OC[C@@H]3[C@@H](O)[C@H](O)[C@@H](O)[C@@H](O)N23)[C@@H](O)[C@H](O)[C@H]1O. The summed E-state index contributed by atoms with van der Waals surface area (Å²) in [5, 5.41) is 69.3. The van der Waals surface area contributed by atoms with Crippen LogP contribution in [0.3, 0.4) is 0 Å². The molecule has 3 fully saturated rings. The molecule has 0 amide bonds. The van der Waals surface area contributed by atoms with Crippen LogP contribution in [-0.2, 0) is 14.2 Å². The third-order valence-corrected chi connectivity index (χ3v) is 4.95. The van der Waals surface area contributed by atoms with Crippen molar-refractivity contribution in [2.24, 2.45) is 4.99 Å². The van der Waals surface area contributed by atoms with Crippen LogP contribution in [0, 0.1) is 0 Å². The summed E-state index contributed by atoms with van der Waals surface area (Å²) < 4.78 is 15.6. The van der Waals surface area contributed by atoms with E-state index in [0.29, 0.717) is 0 Å². The van der Waals surface area contributed by atoms with Crippen LogP contribution in [0.1, 0.15) is 0 Å². The van der Waals surface area contributed by atoms with Gasteiger partial charge >= 0.3 is 0 Å². The smallest absolute Gasteiger partial charge is 0.290 e. The predicted octanol–water partition coefficient (Wildman–Crippen LogP) is -5.09. The number of hydrogen-bond acceptors (Lipinski definition) is 11. The molecular weight excluding hydrogens is 356 g/mol. The van der Waals surface area contributed by atoms with Crippen LogP contribution in [-0.4, -0.2) is 128 Å². The number of aliphatic hydroxyl groups is 7. The second-order valence-corrected chi connectivity index (χ2v) is 6.54. The van der Waals surface area contributed by atoms with Crippen molar-refractivity contribution in [1.82, 2.24) is 4.90 Å². The maximum absolute atomic E-state index is 10.1. The summed E-state index contributed by atoms with van der Waals surface area (Å²) in [7, 11) is 1.27. The highest BCUT2D eigenvalue weighted by Crippen LogP contribution is 2.29. The maximum Gasteiger partial charge on any atom is 0.290 e. The molecule has 0 spiro atoms. The third-order valence-electron chi connectivity index (χ3n) is 4.95. The quantitative estimate of drug-likeness (QED) is 0.248. The molecule has 3 aliphatic heterocycles. The summed E-state index contributed by atoms with van der Waals surface area (Å²) >= 11 is 0. The van der Waals surface area contributed by atoms with E-state index in [9.17, 15) is 35.7 Å². The van der Waals surface area contributed by atoms with Gasteiger partial charge in [-0.3, -0.25) is 4.90 Å². The molecular formula is C14H24N2O10. The molecule has 26 heavy (non-hydrogen) atoms. The number of fused-ring (bicyclic) bond motifs is 1. The number of rotatable bonds is 3. The molecule has 0 aromatic rings. The summed E-state index contributed by atoms with van der Waals surface area (Å²) in [4.78, 5) is 5.21. The number of methoxy groups -OCH3 is 1. The lowest BCUT2D eigenvalue weighted by Crippen LogP contribution is -2.65. The first-order valence-electron chi connectivity index (χ1n) is 8.18. The lowest BCUT2D eigenvalue weighted by atomic mass is 9.94. The lowest BCUT2D eigenvalue weighted by molar-refractivity contribution is -0.287. The van der Waals surface area contributed by atoms with E-state index in [4.69, 9.17) is 14.2 Å². The fourth-order valence-electron chi connectivity index (χ4n) is 3.36. The molecule has 10 atom stereocenters. The van der Waals surface area contributed by atoms with Gasteiger partial charge in [0.25, 0.3) is 6.02 Å². The number of ether oxygens (including phenoxy) is 3. The molecule has 0 aromatic carbocycles. The van der Waals surface area contributed by atoms with Crippen LogP contribution in [0.15, 0.2) is 4.99 Å². The zero-order valence-electron chi connectivity index (χ0n) is 13.9. The minimum Gasteiger partial charge on any atom is -0.463 e. The van der Waals surface area contributed by atoms with E-state index < -0.39 is 61.3 Å². The van der Waals surface area contributed by atoms with E-state index in [2.05, 4.69) is 4.99 Å². The molecule has 3 saturated heterocycles. The zero-order chi connectivity index (χ0) is 19.2. The molecule has 0 saturated carbocycles. The Morgan fingerprint density at radius 3 is 2.27 bits per heavy atom. The Kier molecular flexibility index (Phi) is 5.67. The molecule has 3 heterocycles. The van der Waals surface area contributed by atoms with Gasteiger partial charge in [-0.1, -0.05) is 0 Å².